The predicted molar refractivity (Wildman–Crippen MR) is 99.2 cm³/mol. The first-order chi connectivity index (χ1) is 12.7. The zero-order chi connectivity index (χ0) is 20.6. The first-order valence-corrected chi connectivity index (χ1v) is 10.8. The van der Waals surface area contributed by atoms with Crippen LogP contribution in [0.2, 0.25) is 0 Å². The molecule has 0 aromatic carbocycles. The van der Waals surface area contributed by atoms with Crippen LogP contribution < -0.4 is 5.48 Å². The molecule has 0 heterocycles. The zero-order valence-electron chi connectivity index (χ0n) is 15.9. The zero-order valence-corrected chi connectivity index (χ0v) is 16.8. The highest BCUT2D eigenvalue weighted by Crippen LogP contribution is 2.34. The molecule has 1 N–H and O–H groups in total. The highest BCUT2D eigenvalue weighted by Gasteiger charge is 2.45. The van der Waals surface area contributed by atoms with Crippen molar-refractivity contribution in [3.63, 3.8) is 0 Å². The van der Waals surface area contributed by atoms with Crippen LogP contribution in [0.5, 0.6) is 0 Å². The molecule has 9 heteroatoms. The first kappa shape index (κ1) is 23.0. The fraction of sp³-hybridized carbons (Fsp3) is 0.611. The Labute approximate surface area is 159 Å². The SMILES string of the molecule is C=CCON/C(CCC)=C1\C(=O)CC(CCS(C)(=O)=O)C(C(=O)OC)C1=O. The third kappa shape index (κ3) is 6.59. The lowest BCUT2D eigenvalue weighted by Gasteiger charge is -2.30. The monoisotopic (exact) mass is 401 g/mol. The van der Waals surface area contributed by atoms with Gasteiger partial charge in [-0.3, -0.25) is 24.7 Å². The normalized spacial score (nSPS) is 22.3. The minimum atomic E-state index is -3.30. The van der Waals surface area contributed by atoms with Crippen LogP contribution in [0.3, 0.4) is 0 Å². The summed E-state index contributed by atoms with van der Waals surface area (Å²) >= 11 is 0. The summed E-state index contributed by atoms with van der Waals surface area (Å²) in [6.45, 7) is 5.56. The van der Waals surface area contributed by atoms with Crippen molar-refractivity contribution >= 4 is 27.4 Å². The maximum absolute atomic E-state index is 13.0. The number of allylic oxidation sites excluding steroid dienone is 2. The molecule has 27 heavy (non-hydrogen) atoms. The van der Waals surface area contributed by atoms with Gasteiger partial charge < -0.3 is 4.74 Å². The number of sulfone groups is 1. The Morgan fingerprint density at radius 2 is 2.04 bits per heavy atom. The number of nitrogens with one attached hydrogen (secondary N) is 1. The van der Waals surface area contributed by atoms with Crippen molar-refractivity contribution in [2.24, 2.45) is 11.8 Å². The molecule has 0 aromatic heterocycles. The molecule has 2 unspecified atom stereocenters. The number of ketones is 2. The molecule has 0 saturated heterocycles. The molecule has 0 aromatic rings. The maximum atomic E-state index is 13.0. The molecule has 1 aliphatic carbocycles. The molecular formula is C18H27NO7S. The van der Waals surface area contributed by atoms with Gasteiger partial charge in [-0.1, -0.05) is 19.4 Å². The van der Waals surface area contributed by atoms with Crippen LogP contribution >= 0.6 is 0 Å². The maximum Gasteiger partial charge on any atom is 0.316 e. The fourth-order valence-electron chi connectivity index (χ4n) is 3.01. The largest absolute Gasteiger partial charge is 0.468 e. The van der Waals surface area contributed by atoms with Crippen molar-refractivity contribution in [1.29, 1.82) is 0 Å². The third-order valence-electron chi connectivity index (χ3n) is 4.24. The molecule has 152 valence electrons. The van der Waals surface area contributed by atoms with Crippen LogP contribution in [-0.2, 0) is 33.8 Å². The number of methoxy groups -OCH3 is 1. The summed E-state index contributed by atoms with van der Waals surface area (Å²) in [4.78, 5) is 43.0. The van der Waals surface area contributed by atoms with Gasteiger partial charge in [-0.05, 0) is 18.8 Å². The Hall–Kier alpha value is -2.00. The van der Waals surface area contributed by atoms with Gasteiger partial charge in [-0.25, -0.2) is 8.42 Å². The summed E-state index contributed by atoms with van der Waals surface area (Å²) in [5.74, 6) is -4.00. The van der Waals surface area contributed by atoms with Crippen molar-refractivity contribution in [3.8, 4) is 0 Å². The minimum Gasteiger partial charge on any atom is -0.468 e. The lowest BCUT2D eigenvalue weighted by molar-refractivity contribution is -0.152. The quantitative estimate of drug-likeness (QED) is 0.110. The van der Waals surface area contributed by atoms with E-state index in [2.05, 4.69) is 12.1 Å². The van der Waals surface area contributed by atoms with Crippen molar-refractivity contribution < 1.29 is 32.4 Å². The van der Waals surface area contributed by atoms with Gasteiger partial charge >= 0.3 is 5.97 Å². The van der Waals surface area contributed by atoms with E-state index in [1.165, 1.54) is 6.08 Å². The number of rotatable bonds is 10. The average Bonchev–Trinajstić information content (AvgIpc) is 2.58. The predicted octanol–water partition coefficient (Wildman–Crippen LogP) is 1.13. The number of ether oxygens (including phenoxy) is 1. The topological polar surface area (TPSA) is 116 Å². The molecule has 1 aliphatic rings. The van der Waals surface area contributed by atoms with Gasteiger partial charge in [0.05, 0.1) is 30.7 Å². The molecule has 1 saturated carbocycles. The Kier molecular flexibility index (Phi) is 8.84. The molecule has 1 fully saturated rings. The Bertz CT molecular complexity index is 724. The van der Waals surface area contributed by atoms with E-state index in [9.17, 15) is 22.8 Å². The van der Waals surface area contributed by atoms with Gasteiger partial charge in [0.25, 0.3) is 0 Å². The van der Waals surface area contributed by atoms with Crippen molar-refractivity contribution in [2.75, 3.05) is 25.7 Å². The molecule has 1 rings (SSSR count). The van der Waals surface area contributed by atoms with E-state index in [-0.39, 0.29) is 30.8 Å². The summed E-state index contributed by atoms with van der Waals surface area (Å²) in [6, 6.07) is 0. The minimum absolute atomic E-state index is 0.0346. The van der Waals surface area contributed by atoms with Gasteiger partial charge in [0, 0.05) is 12.7 Å². The molecule has 0 radical (unpaired) electrons. The number of hydroxylamine groups is 1. The van der Waals surface area contributed by atoms with Crippen LogP contribution in [0.4, 0.5) is 0 Å². The number of esters is 1. The van der Waals surface area contributed by atoms with Crippen LogP contribution in [0.1, 0.15) is 32.6 Å². The molecule has 2 atom stereocenters. The van der Waals surface area contributed by atoms with Gasteiger partial charge in [0.2, 0.25) is 0 Å². The molecule has 8 nitrogen and oxygen atoms in total. The number of carbonyl (C=O) groups is 3. The highest BCUT2D eigenvalue weighted by molar-refractivity contribution is 7.90. The molecular weight excluding hydrogens is 374 g/mol. The second-order valence-electron chi connectivity index (χ2n) is 6.48. The van der Waals surface area contributed by atoms with E-state index in [1.807, 2.05) is 6.92 Å². The van der Waals surface area contributed by atoms with Crippen LogP contribution in [0.15, 0.2) is 23.9 Å². The molecule has 0 aliphatic heterocycles. The Morgan fingerprint density at radius 1 is 1.37 bits per heavy atom. The number of carbonyl (C=O) groups excluding carboxylic acids is 3. The van der Waals surface area contributed by atoms with Crippen molar-refractivity contribution in [1.82, 2.24) is 5.48 Å². The third-order valence-corrected chi connectivity index (χ3v) is 5.22. The van der Waals surface area contributed by atoms with Crippen molar-refractivity contribution in [3.05, 3.63) is 23.9 Å². The average molecular weight is 401 g/mol. The van der Waals surface area contributed by atoms with Gasteiger partial charge in [-0.2, -0.15) is 0 Å². The van der Waals surface area contributed by atoms with E-state index >= 15 is 0 Å². The van der Waals surface area contributed by atoms with Crippen LogP contribution in [0.25, 0.3) is 0 Å². The fourth-order valence-corrected chi connectivity index (χ4v) is 3.74. The van der Waals surface area contributed by atoms with Crippen LogP contribution in [0, 0.1) is 11.8 Å². The van der Waals surface area contributed by atoms with E-state index in [1.54, 1.807) is 0 Å². The van der Waals surface area contributed by atoms with Gasteiger partial charge in [-0.15, -0.1) is 6.58 Å². The molecule has 0 spiro atoms. The smallest absolute Gasteiger partial charge is 0.316 e. The Balaban J connectivity index is 3.24. The lowest BCUT2D eigenvalue weighted by atomic mass is 9.73. The summed E-state index contributed by atoms with van der Waals surface area (Å²) in [6.07, 6.45) is 3.53. The summed E-state index contributed by atoms with van der Waals surface area (Å²) in [5.41, 5.74) is 2.82. The second kappa shape index (κ2) is 10.4. The van der Waals surface area contributed by atoms with E-state index < -0.39 is 39.2 Å². The number of hydrogen-bond acceptors (Lipinski definition) is 8. The second-order valence-corrected chi connectivity index (χ2v) is 8.74. The van der Waals surface area contributed by atoms with E-state index in [0.717, 1.165) is 13.4 Å². The summed E-state index contributed by atoms with van der Waals surface area (Å²) in [7, 11) is -2.14. The summed E-state index contributed by atoms with van der Waals surface area (Å²) < 4.78 is 27.7. The van der Waals surface area contributed by atoms with Crippen molar-refractivity contribution in [2.45, 2.75) is 32.6 Å². The van der Waals surface area contributed by atoms with E-state index in [0.29, 0.717) is 18.5 Å². The Morgan fingerprint density at radius 3 is 2.56 bits per heavy atom. The number of hydrogen-bond donors (Lipinski definition) is 1. The highest BCUT2D eigenvalue weighted by atomic mass is 32.2. The standard InChI is InChI=1S/C18H27NO7S/c1-5-7-13(19-26-9-6-2)16-14(20)11-12(8-10-27(4,23)24)15(17(16)21)18(22)25-3/h6,12,15,19H,2,5,7-11H2,1,3-4H3/b16-13+. The van der Waals surface area contributed by atoms with Gasteiger partial charge in [0.1, 0.15) is 15.8 Å². The molecule has 0 bridgehead atoms. The van der Waals surface area contributed by atoms with Gasteiger partial charge in [0.15, 0.2) is 11.6 Å². The van der Waals surface area contributed by atoms with E-state index in [4.69, 9.17) is 9.57 Å². The first-order valence-electron chi connectivity index (χ1n) is 8.71. The lowest BCUT2D eigenvalue weighted by Crippen LogP contribution is -2.43. The number of Topliss-reactive ketones (excluding diaryl/α,β-unsaturated/α-hetero) is 2. The summed E-state index contributed by atoms with van der Waals surface area (Å²) in [5, 5.41) is 0. The van der Waals surface area contributed by atoms with Crippen LogP contribution in [-0.4, -0.2) is 51.7 Å². The molecule has 0 amide bonds.